The molecule has 0 aliphatic carbocycles. The fourth-order valence-electron chi connectivity index (χ4n) is 2.09. The molecule has 0 unspecified atom stereocenters. The normalized spacial score (nSPS) is 11.4. The average molecular weight is 345 g/mol. The van der Waals surface area contributed by atoms with Gasteiger partial charge in [0.1, 0.15) is 6.26 Å². The van der Waals surface area contributed by atoms with Crippen LogP contribution in [0.25, 0.3) is 0 Å². The maximum absolute atomic E-state index is 12.5. The molecular weight excluding hydrogens is 330 g/mol. The monoisotopic (exact) mass is 345 g/mol. The summed E-state index contributed by atoms with van der Waals surface area (Å²) in [5.74, 6) is -0.393. The number of benzene rings is 1. The summed E-state index contributed by atoms with van der Waals surface area (Å²) in [6.07, 6.45) is 5.33. The van der Waals surface area contributed by atoms with Gasteiger partial charge < -0.3 is 9.73 Å². The smallest absolute Gasteiger partial charge is 0.267 e. The Morgan fingerprint density at radius 3 is 2.67 bits per heavy atom. The van der Waals surface area contributed by atoms with Crippen LogP contribution in [0.2, 0.25) is 0 Å². The summed E-state index contributed by atoms with van der Waals surface area (Å²) in [4.78, 5) is 16.1. The summed E-state index contributed by atoms with van der Waals surface area (Å²) < 4.78 is 30.9. The third-order valence-corrected chi connectivity index (χ3v) is 5.09. The standard InChI is InChI=1S/C16H15N3O4S/c1-12-2-4-15(5-3-12)24(21,22)19-7-6-13(9-19)16(20)17-8-14-10-23-11-18-14/h2-7,9-11H,8H2,1H3,(H,17,20). The summed E-state index contributed by atoms with van der Waals surface area (Å²) >= 11 is 0. The first-order valence-corrected chi connectivity index (χ1v) is 8.56. The molecule has 0 radical (unpaired) electrons. The zero-order chi connectivity index (χ0) is 17.2. The van der Waals surface area contributed by atoms with Crippen molar-refractivity contribution >= 4 is 15.9 Å². The molecule has 2 heterocycles. The first-order valence-electron chi connectivity index (χ1n) is 7.12. The molecule has 1 aromatic carbocycles. The molecule has 124 valence electrons. The maximum Gasteiger partial charge on any atom is 0.267 e. The van der Waals surface area contributed by atoms with Gasteiger partial charge in [-0.15, -0.1) is 0 Å². The molecule has 7 nitrogen and oxygen atoms in total. The molecule has 1 amide bonds. The lowest BCUT2D eigenvalue weighted by atomic mass is 10.2. The number of hydrogen-bond donors (Lipinski definition) is 1. The molecule has 8 heteroatoms. The largest absolute Gasteiger partial charge is 0.451 e. The van der Waals surface area contributed by atoms with Crippen LogP contribution in [-0.2, 0) is 16.6 Å². The van der Waals surface area contributed by atoms with E-state index in [-0.39, 0.29) is 17.0 Å². The quantitative estimate of drug-likeness (QED) is 0.763. The average Bonchev–Trinajstić information content (AvgIpc) is 3.25. The Morgan fingerprint density at radius 1 is 1.25 bits per heavy atom. The lowest BCUT2D eigenvalue weighted by molar-refractivity contribution is 0.0950. The van der Waals surface area contributed by atoms with Crippen LogP contribution in [0.1, 0.15) is 21.6 Å². The van der Waals surface area contributed by atoms with Crippen LogP contribution >= 0.6 is 0 Å². The SMILES string of the molecule is Cc1ccc(S(=O)(=O)n2ccc(C(=O)NCc3cocn3)c2)cc1. The molecule has 0 fully saturated rings. The van der Waals surface area contributed by atoms with Gasteiger partial charge >= 0.3 is 0 Å². The van der Waals surface area contributed by atoms with Gasteiger partial charge in [0.25, 0.3) is 15.9 Å². The number of aryl methyl sites for hydroxylation is 1. The Kier molecular flexibility index (Phi) is 4.22. The highest BCUT2D eigenvalue weighted by atomic mass is 32.2. The molecule has 0 aliphatic heterocycles. The van der Waals surface area contributed by atoms with Crippen LogP contribution < -0.4 is 5.32 Å². The number of amides is 1. The minimum Gasteiger partial charge on any atom is -0.451 e. The fourth-order valence-corrected chi connectivity index (χ4v) is 3.29. The number of carbonyl (C=O) groups is 1. The zero-order valence-electron chi connectivity index (χ0n) is 12.8. The lowest BCUT2D eigenvalue weighted by Gasteiger charge is -2.06. The Labute approximate surface area is 139 Å². The van der Waals surface area contributed by atoms with Crippen LogP contribution in [0, 0.1) is 6.92 Å². The van der Waals surface area contributed by atoms with Crippen LogP contribution in [0.4, 0.5) is 0 Å². The summed E-state index contributed by atoms with van der Waals surface area (Å²) in [7, 11) is -3.72. The topological polar surface area (TPSA) is 94.2 Å². The van der Waals surface area contributed by atoms with Crippen LogP contribution in [0.15, 0.2) is 64.7 Å². The highest BCUT2D eigenvalue weighted by Crippen LogP contribution is 2.16. The Hall–Kier alpha value is -2.87. The van der Waals surface area contributed by atoms with Crippen molar-refractivity contribution in [3.8, 4) is 0 Å². The molecule has 0 saturated heterocycles. The number of nitrogens with zero attached hydrogens (tertiary/aromatic N) is 2. The van der Waals surface area contributed by atoms with Gasteiger partial charge in [-0.2, -0.15) is 0 Å². The van der Waals surface area contributed by atoms with Crippen molar-refractivity contribution in [1.29, 1.82) is 0 Å². The fraction of sp³-hybridized carbons (Fsp3) is 0.125. The molecule has 3 rings (SSSR count). The predicted octanol–water partition coefficient (Wildman–Crippen LogP) is 1.95. The Morgan fingerprint density at radius 2 is 2.00 bits per heavy atom. The number of nitrogens with one attached hydrogen (secondary N) is 1. The molecule has 3 aromatic rings. The van der Waals surface area contributed by atoms with Gasteiger partial charge in [0.2, 0.25) is 0 Å². The highest BCUT2D eigenvalue weighted by molar-refractivity contribution is 7.90. The third-order valence-electron chi connectivity index (χ3n) is 3.44. The van der Waals surface area contributed by atoms with E-state index in [1.54, 1.807) is 12.1 Å². The van der Waals surface area contributed by atoms with E-state index in [1.165, 1.54) is 43.2 Å². The highest BCUT2D eigenvalue weighted by Gasteiger charge is 2.18. The van der Waals surface area contributed by atoms with E-state index < -0.39 is 15.9 Å². The van der Waals surface area contributed by atoms with Gasteiger partial charge in [-0.25, -0.2) is 17.4 Å². The zero-order valence-corrected chi connectivity index (χ0v) is 13.7. The van der Waals surface area contributed by atoms with Gasteiger partial charge in [-0.1, -0.05) is 17.7 Å². The van der Waals surface area contributed by atoms with Crippen molar-refractivity contribution in [2.24, 2.45) is 0 Å². The molecule has 0 aliphatic rings. The second kappa shape index (κ2) is 6.32. The number of hydrogen-bond acceptors (Lipinski definition) is 5. The second-order valence-electron chi connectivity index (χ2n) is 5.21. The van der Waals surface area contributed by atoms with Gasteiger partial charge in [-0.3, -0.25) is 4.79 Å². The van der Waals surface area contributed by atoms with Gasteiger partial charge in [0, 0.05) is 12.4 Å². The van der Waals surface area contributed by atoms with Crippen molar-refractivity contribution in [2.45, 2.75) is 18.4 Å². The molecule has 0 bridgehead atoms. The third kappa shape index (κ3) is 3.23. The van der Waals surface area contributed by atoms with Crippen molar-refractivity contribution in [1.82, 2.24) is 14.3 Å². The number of oxazole rings is 1. The molecular formula is C16H15N3O4S. The summed E-state index contributed by atoms with van der Waals surface area (Å²) in [5, 5.41) is 2.64. The molecule has 0 saturated carbocycles. The summed E-state index contributed by atoms with van der Waals surface area (Å²) in [6.45, 7) is 2.08. The minimum atomic E-state index is -3.72. The number of rotatable bonds is 5. The summed E-state index contributed by atoms with van der Waals surface area (Å²) in [5.41, 5.74) is 1.79. The number of carbonyl (C=O) groups excluding carboxylic acids is 1. The predicted molar refractivity (Wildman–Crippen MR) is 85.9 cm³/mol. The van der Waals surface area contributed by atoms with E-state index >= 15 is 0 Å². The van der Waals surface area contributed by atoms with Crippen LogP contribution in [0.5, 0.6) is 0 Å². The van der Waals surface area contributed by atoms with Gasteiger partial charge in [0.05, 0.1) is 22.7 Å². The molecule has 1 N–H and O–H groups in total. The number of aromatic nitrogens is 2. The van der Waals surface area contributed by atoms with E-state index in [0.29, 0.717) is 5.69 Å². The Balaban J connectivity index is 1.77. The van der Waals surface area contributed by atoms with Gasteiger partial charge in [0.15, 0.2) is 6.39 Å². The van der Waals surface area contributed by atoms with Crippen molar-refractivity contribution in [2.75, 3.05) is 0 Å². The van der Waals surface area contributed by atoms with E-state index in [9.17, 15) is 13.2 Å². The van der Waals surface area contributed by atoms with E-state index in [4.69, 9.17) is 4.42 Å². The van der Waals surface area contributed by atoms with Crippen LogP contribution in [0.3, 0.4) is 0 Å². The van der Waals surface area contributed by atoms with E-state index in [1.807, 2.05) is 6.92 Å². The minimum absolute atomic E-state index is 0.165. The summed E-state index contributed by atoms with van der Waals surface area (Å²) in [6, 6.07) is 7.97. The lowest BCUT2D eigenvalue weighted by Crippen LogP contribution is -2.22. The van der Waals surface area contributed by atoms with Crippen molar-refractivity contribution in [3.63, 3.8) is 0 Å². The second-order valence-corrected chi connectivity index (χ2v) is 7.05. The first kappa shape index (κ1) is 16.0. The molecule has 2 aromatic heterocycles. The van der Waals surface area contributed by atoms with E-state index in [0.717, 1.165) is 9.54 Å². The maximum atomic E-state index is 12.5. The van der Waals surface area contributed by atoms with E-state index in [2.05, 4.69) is 10.3 Å². The molecule has 0 spiro atoms. The van der Waals surface area contributed by atoms with Crippen LogP contribution in [-0.4, -0.2) is 23.3 Å². The first-order chi connectivity index (χ1) is 11.5. The van der Waals surface area contributed by atoms with Gasteiger partial charge in [-0.05, 0) is 25.1 Å². The molecule has 24 heavy (non-hydrogen) atoms. The van der Waals surface area contributed by atoms with Crippen molar-refractivity contribution < 1.29 is 17.6 Å². The van der Waals surface area contributed by atoms with Crippen molar-refractivity contribution in [3.05, 3.63) is 72.2 Å². The molecule has 0 atom stereocenters. The Bertz CT molecular complexity index is 942.